The summed E-state index contributed by atoms with van der Waals surface area (Å²) < 4.78 is 0. The van der Waals surface area contributed by atoms with E-state index in [1.54, 1.807) is 37.2 Å². The number of carbonyl (C=O) groups is 2. The molecule has 0 aromatic heterocycles. The van der Waals surface area contributed by atoms with Gasteiger partial charge in [0.1, 0.15) is 0 Å². The number of hydrogen-bond acceptors (Lipinski definition) is 2. The lowest BCUT2D eigenvalue weighted by Crippen LogP contribution is -2.47. The normalized spacial score (nSPS) is 14.6. The minimum atomic E-state index is -1.03. The Balaban J connectivity index is 2.21. The number of urea groups is 1. The average molecular weight is 262 g/mol. The van der Waals surface area contributed by atoms with Gasteiger partial charge in [0.2, 0.25) is 0 Å². The molecule has 0 spiro atoms. The first kappa shape index (κ1) is 13.4. The quantitative estimate of drug-likeness (QED) is 0.910. The second-order valence-corrected chi connectivity index (χ2v) is 4.86. The van der Waals surface area contributed by atoms with Crippen molar-refractivity contribution in [2.45, 2.75) is 25.3 Å². The van der Waals surface area contributed by atoms with E-state index in [0.717, 1.165) is 19.3 Å². The van der Waals surface area contributed by atoms with Crippen molar-refractivity contribution < 1.29 is 14.7 Å². The summed E-state index contributed by atoms with van der Waals surface area (Å²) in [5, 5.41) is 9.15. The molecule has 0 heterocycles. The highest BCUT2D eigenvalue weighted by Crippen LogP contribution is 2.26. The van der Waals surface area contributed by atoms with Crippen molar-refractivity contribution in [3.8, 4) is 0 Å². The molecule has 1 saturated carbocycles. The molecule has 0 saturated heterocycles. The maximum atomic E-state index is 12.3. The van der Waals surface area contributed by atoms with Crippen molar-refractivity contribution >= 4 is 17.7 Å². The largest absolute Gasteiger partial charge is 0.478 e. The van der Waals surface area contributed by atoms with Crippen molar-refractivity contribution in [1.29, 1.82) is 0 Å². The number of hydrogen-bond donors (Lipinski definition) is 1. The van der Waals surface area contributed by atoms with E-state index in [1.165, 1.54) is 11.0 Å². The number of nitrogens with zero attached hydrogens (tertiary/aromatic N) is 2. The zero-order chi connectivity index (χ0) is 14.0. The van der Waals surface area contributed by atoms with Crippen molar-refractivity contribution in [2.24, 2.45) is 0 Å². The maximum Gasteiger partial charge on any atom is 0.337 e. The van der Waals surface area contributed by atoms with Crippen molar-refractivity contribution in [2.75, 3.05) is 19.0 Å². The van der Waals surface area contributed by atoms with E-state index < -0.39 is 5.97 Å². The van der Waals surface area contributed by atoms with E-state index in [4.69, 9.17) is 5.11 Å². The summed E-state index contributed by atoms with van der Waals surface area (Å²) in [6.07, 6.45) is 3.20. The molecule has 1 N–H and O–H groups in total. The SMILES string of the molecule is CN(C(=O)N(C)C1CCC1)c1ccccc1C(=O)O. The monoisotopic (exact) mass is 262 g/mol. The Morgan fingerprint density at radius 2 is 1.84 bits per heavy atom. The van der Waals surface area contributed by atoms with Gasteiger partial charge in [0.25, 0.3) is 0 Å². The molecule has 2 rings (SSSR count). The van der Waals surface area contributed by atoms with Crippen molar-refractivity contribution in [3.05, 3.63) is 29.8 Å². The molecule has 1 aromatic carbocycles. The number of carbonyl (C=O) groups excluding carboxylic acids is 1. The molecule has 0 radical (unpaired) electrons. The first-order valence-corrected chi connectivity index (χ1v) is 6.35. The molecule has 0 unspecified atom stereocenters. The molecule has 1 aliphatic carbocycles. The Bertz CT molecular complexity index is 497. The Morgan fingerprint density at radius 1 is 1.21 bits per heavy atom. The van der Waals surface area contributed by atoms with Gasteiger partial charge in [-0.3, -0.25) is 4.90 Å². The van der Waals surface area contributed by atoms with Crippen LogP contribution in [0, 0.1) is 0 Å². The van der Waals surface area contributed by atoms with Crippen LogP contribution in [0.25, 0.3) is 0 Å². The van der Waals surface area contributed by atoms with Crippen molar-refractivity contribution in [1.82, 2.24) is 4.90 Å². The van der Waals surface area contributed by atoms with Crippen LogP contribution in [0.15, 0.2) is 24.3 Å². The van der Waals surface area contributed by atoms with Gasteiger partial charge >= 0.3 is 12.0 Å². The fraction of sp³-hybridized carbons (Fsp3) is 0.429. The fourth-order valence-electron chi connectivity index (χ4n) is 2.22. The van der Waals surface area contributed by atoms with E-state index >= 15 is 0 Å². The molecular weight excluding hydrogens is 244 g/mol. The smallest absolute Gasteiger partial charge is 0.337 e. The Morgan fingerprint density at radius 3 is 2.37 bits per heavy atom. The predicted octanol–water partition coefficient (Wildman–Crippen LogP) is 2.43. The molecule has 2 amide bonds. The van der Waals surface area contributed by atoms with Crippen LogP contribution in [0.4, 0.5) is 10.5 Å². The number of benzene rings is 1. The van der Waals surface area contributed by atoms with E-state index in [2.05, 4.69) is 0 Å². The summed E-state index contributed by atoms with van der Waals surface area (Å²) in [6, 6.07) is 6.65. The van der Waals surface area contributed by atoms with E-state index in [-0.39, 0.29) is 17.6 Å². The summed E-state index contributed by atoms with van der Waals surface area (Å²) in [7, 11) is 3.38. The third kappa shape index (κ3) is 2.54. The summed E-state index contributed by atoms with van der Waals surface area (Å²) in [5.74, 6) is -1.03. The molecule has 5 heteroatoms. The number of para-hydroxylation sites is 1. The van der Waals surface area contributed by atoms with Gasteiger partial charge in [0, 0.05) is 20.1 Å². The molecule has 0 aliphatic heterocycles. The molecule has 0 atom stereocenters. The molecule has 1 fully saturated rings. The molecule has 0 bridgehead atoms. The Kier molecular flexibility index (Phi) is 3.74. The summed E-state index contributed by atoms with van der Waals surface area (Å²) in [6.45, 7) is 0. The Labute approximate surface area is 112 Å². The predicted molar refractivity (Wildman–Crippen MR) is 72.6 cm³/mol. The van der Waals surface area contributed by atoms with Gasteiger partial charge in [0.15, 0.2) is 0 Å². The van der Waals surface area contributed by atoms with Gasteiger partial charge in [-0.05, 0) is 31.4 Å². The van der Waals surface area contributed by atoms with Crippen LogP contribution < -0.4 is 4.90 Å². The third-order valence-corrected chi connectivity index (χ3v) is 3.71. The lowest BCUT2D eigenvalue weighted by Gasteiger charge is -2.37. The highest BCUT2D eigenvalue weighted by molar-refractivity contribution is 6.01. The Hall–Kier alpha value is -2.04. The topological polar surface area (TPSA) is 60.9 Å². The fourth-order valence-corrected chi connectivity index (χ4v) is 2.22. The highest BCUT2D eigenvalue weighted by Gasteiger charge is 2.29. The van der Waals surface area contributed by atoms with Gasteiger partial charge in [-0.1, -0.05) is 12.1 Å². The number of amides is 2. The number of anilines is 1. The van der Waals surface area contributed by atoms with Gasteiger partial charge < -0.3 is 10.0 Å². The van der Waals surface area contributed by atoms with Crippen LogP contribution >= 0.6 is 0 Å². The number of aromatic carboxylic acids is 1. The highest BCUT2D eigenvalue weighted by atomic mass is 16.4. The minimum Gasteiger partial charge on any atom is -0.478 e. The molecule has 1 aliphatic rings. The molecule has 1 aromatic rings. The van der Waals surface area contributed by atoms with Crippen LogP contribution in [0.2, 0.25) is 0 Å². The zero-order valence-electron chi connectivity index (χ0n) is 11.2. The summed E-state index contributed by atoms with van der Waals surface area (Å²) in [4.78, 5) is 26.6. The summed E-state index contributed by atoms with van der Waals surface area (Å²) in [5.41, 5.74) is 0.562. The van der Waals surface area contributed by atoms with Crippen molar-refractivity contribution in [3.63, 3.8) is 0 Å². The van der Waals surface area contributed by atoms with E-state index in [0.29, 0.717) is 5.69 Å². The van der Waals surface area contributed by atoms with Crippen LogP contribution in [0.3, 0.4) is 0 Å². The van der Waals surface area contributed by atoms with Gasteiger partial charge in [-0.2, -0.15) is 0 Å². The second kappa shape index (κ2) is 5.30. The number of carboxylic acids is 1. The maximum absolute atomic E-state index is 12.3. The zero-order valence-corrected chi connectivity index (χ0v) is 11.2. The van der Waals surface area contributed by atoms with E-state index in [9.17, 15) is 9.59 Å². The van der Waals surface area contributed by atoms with Crippen LogP contribution in [0.5, 0.6) is 0 Å². The minimum absolute atomic E-state index is 0.139. The molecule has 19 heavy (non-hydrogen) atoms. The third-order valence-electron chi connectivity index (χ3n) is 3.71. The van der Waals surface area contributed by atoms with Gasteiger partial charge in [-0.15, -0.1) is 0 Å². The van der Waals surface area contributed by atoms with Crippen LogP contribution in [0.1, 0.15) is 29.6 Å². The number of rotatable bonds is 3. The molecule has 102 valence electrons. The van der Waals surface area contributed by atoms with Gasteiger partial charge in [0.05, 0.1) is 11.3 Å². The average Bonchev–Trinajstić information content (AvgIpc) is 2.34. The number of carboxylic acid groups (broad SMARTS) is 1. The second-order valence-electron chi connectivity index (χ2n) is 4.86. The van der Waals surface area contributed by atoms with Gasteiger partial charge in [-0.25, -0.2) is 9.59 Å². The lowest BCUT2D eigenvalue weighted by molar-refractivity contribution is 0.0697. The first-order valence-electron chi connectivity index (χ1n) is 6.35. The first-order chi connectivity index (χ1) is 9.02. The van der Waals surface area contributed by atoms with E-state index in [1.807, 2.05) is 0 Å². The lowest BCUT2D eigenvalue weighted by atomic mass is 9.92. The molecular formula is C14H18N2O3. The molecule has 5 nitrogen and oxygen atoms in total. The van der Waals surface area contributed by atoms with Crippen LogP contribution in [-0.4, -0.2) is 42.1 Å². The standard InChI is InChI=1S/C14H18N2O3/c1-15(10-6-5-7-10)14(19)16(2)12-9-4-3-8-11(12)13(17)18/h3-4,8-10H,5-7H2,1-2H3,(H,17,18). The van der Waals surface area contributed by atoms with Crippen LogP contribution in [-0.2, 0) is 0 Å². The summed E-state index contributed by atoms with van der Waals surface area (Å²) >= 11 is 0.